The Balaban J connectivity index is 1.79. The summed E-state index contributed by atoms with van der Waals surface area (Å²) in [6.07, 6.45) is 4.92. The lowest BCUT2D eigenvalue weighted by molar-refractivity contribution is 0.144. The molecule has 0 radical (unpaired) electrons. The first-order valence-electron chi connectivity index (χ1n) is 8.53. The van der Waals surface area contributed by atoms with Crippen molar-refractivity contribution >= 4 is 22.6 Å². The highest BCUT2D eigenvalue weighted by molar-refractivity contribution is 6.35. The summed E-state index contributed by atoms with van der Waals surface area (Å²) in [5.74, 6) is 0.164. The van der Waals surface area contributed by atoms with Gasteiger partial charge in [-0.2, -0.15) is 0 Å². The molecule has 0 fully saturated rings. The molecule has 3 aromatic heterocycles. The van der Waals surface area contributed by atoms with Crippen molar-refractivity contribution in [2.75, 3.05) is 20.3 Å². The quantitative estimate of drug-likeness (QED) is 0.358. The van der Waals surface area contributed by atoms with Gasteiger partial charge in [0.2, 0.25) is 5.88 Å². The van der Waals surface area contributed by atoms with Crippen molar-refractivity contribution in [1.82, 2.24) is 19.5 Å². The van der Waals surface area contributed by atoms with Crippen LogP contribution in [0.25, 0.3) is 27.8 Å². The van der Waals surface area contributed by atoms with E-state index in [1.807, 2.05) is 12.3 Å². The molecule has 0 aliphatic heterocycles. The lowest BCUT2D eigenvalue weighted by Crippen LogP contribution is -2.05. The number of methoxy groups -OCH3 is 1. The van der Waals surface area contributed by atoms with Crippen molar-refractivity contribution < 1.29 is 13.9 Å². The molecule has 28 heavy (non-hydrogen) atoms. The third-order valence-corrected chi connectivity index (χ3v) is 4.49. The van der Waals surface area contributed by atoms with Gasteiger partial charge in [-0.15, -0.1) is 0 Å². The van der Waals surface area contributed by atoms with Crippen LogP contribution in [-0.4, -0.2) is 39.8 Å². The molecule has 4 aromatic rings. The monoisotopic (exact) mass is 398 g/mol. The normalized spacial score (nSPS) is 11.1. The van der Waals surface area contributed by atoms with Gasteiger partial charge in [0.15, 0.2) is 0 Å². The first kappa shape index (κ1) is 18.3. The number of nitrogens with zero attached hydrogens (tertiary/aromatic N) is 4. The van der Waals surface area contributed by atoms with Crippen LogP contribution in [0.4, 0.5) is 4.39 Å². The van der Waals surface area contributed by atoms with E-state index in [2.05, 4.69) is 15.0 Å². The summed E-state index contributed by atoms with van der Waals surface area (Å²) in [5.41, 5.74) is 2.83. The van der Waals surface area contributed by atoms with Gasteiger partial charge in [0.25, 0.3) is 0 Å². The molecule has 4 rings (SSSR count). The Morgan fingerprint density at radius 2 is 2.00 bits per heavy atom. The van der Waals surface area contributed by atoms with Gasteiger partial charge in [-0.05, 0) is 24.3 Å². The van der Waals surface area contributed by atoms with Gasteiger partial charge in [-0.3, -0.25) is 0 Å². The smallest absolute Gasteiger partial charge is 0.213 e. The molecule has 0 amide bonds. The molecule has 0 unspecified atom stereocenters. The molecule has 0 saturated heterocycles. The molecule has 0 saturated carbocycles. The Kier molecular flexibility index (Phi) is 5.18. The zero-order chi connectivity index (χ0) is 19.5. The summed E-state index contributed by atoms with van der Waals surface area (Å²) in [5, 5.41) is 0.985. The molecule has 6 nitrogen and oxygen atoms in total. The first-order chi connectivity index (χ1) is 13.7. The van der Waals surface area contributed by atoms with Crippen molar-refractivity contribution in [3.05, 3.63) is 66.1 Å². The van der Waals surface area contributed by atoms with Crippen LogP contribution in [-0.2, 0) is 4.74 Å². The lowest BCUT2D eigenvalue weighted by Gasteiger charge is -2.05. The van der Waals surface area contributed by atoms with Crippen LogP contribution in [0.2, 0.25) is 5.15 Å². The number of hydrogen-bond donors (Lipinski definition) is 0. The van der Waals surface area contributed by atoms with Gasteiger partial charge < -0.3 is 14.0 Å². The standard InChI is InChI=1S/C20H16ClFN4O2/c1-27-7-8-28-17-6-5-13(10-23-17)16-11-26(15-4-2-3-14(22)9-15)20-18(16)19(21)24-12-25-20/h2-6,9-12H,7-8H2,1H3. The number of benzene rings is 1. The third-order valence-electron chi connectivity index (χ3n) is 4.21. The van der Waals surface area contributed by atoms with Crippen LogP contribution in [0.3, 0.4) is 0 Å². The van der Waals surface area contributed by atoms with Gasteiger partial charge in [-0.1, -0.05) is 17.7 Å². The largest absolute Gasteiger partial charge is 0.475 e. The fourth-order valence-corrected chi connectivity index (χ4v) is 3.15. The minimum Gasteiger partial charge on any atom is -0.475 e. The molecule has 8 heteroatoms. The van der Waals surface area contributed by atoms with Crippen LogP contribution < -0.4 is 4.74 Å². The number of rotatable bonds is 6. The number of hydrogen-bond acceptors (Lipinski definition) is 5. The molecule has 3 heterocycles. The van der Waals surface area contributed by atoms with Crippen LogP contribution in [0, 0.1) is 5.82 Å². The highest BCUT2D eigenvalue weighted by atomic mass is 35.5. The summed E-state index contributed by atoms with van der Waals surface area (Å²) in [6.45, 7) is 0.902. The molecule has 0 bridgehead atoms. The predicted molar refractivity (Wildman–Crippen MR) is 104 cm³/mol. The Hall–Kier alpha value is -3.03. The zero-order valence-electron chi connectivity index (χ0n) is 15.0. The number of halogens is 2. The second-order valence-corrected chi connectivity index (χ2v) is 6.34. The maximum absolute atomic E-state index is 13.7. The summed E-state index contributed by atoms with van der Waals surface area (Å²) >= 11 is 6.36. The van der Waals surface area contributed by atoms with E-state index in [0.29, 0.717) is 41.0 Å². The zero-order valence-corrected chi connectivity index (χ0v) is 15.7. The van der Waals surface area contributed by atoms with Gasteiger partial charge in [0.05, 0.1) is 12.0 Å². The molecule has 0 atom stereocenters. The van der Waals surface area contributed by atoms with Crippen molar-refractivity contribution in [1.29, 1.82) is 0 Å². The van der Waals surface area contributed by atoms with E-state index in [1.54, 1.807) is 36.1 Å². The molecule has 0 aliphatic carbocycles. The minimum absolute atomic E-state index is 0.315. The predicted octanol–water partition coefficient (Wildman–Crippen LogP) is 4.30. The summed E-state index contributed by atoms with van der Waals surface area (Å²) < 4.78 is 26.0. The molecule has 142 valence electrons. The summed E-state index contributed by atoms with van der Waals surface area (Å²) in [6, 6.07) is 9.92. The van der Waals surface area contributed by atoms with Gasteiger partial charge >= 0.3 is 0 Å². The number of pyridine rings is 1. The Morgan fingerprint density at radius 3 is 2.75 bits per heavy atom. The van der Waals surface area contributed by atoms with E-state index in [4.69, 9.17) is 21.1 Å². The van der Waals surface area contributed by atoms with Gasteiger partial charge in [0, 0.05) is 42.4 Å². The first-order valence-corrected chi connectivity index (χ1v) is 8.91. The fourth-order valence-electron chi connectivity index (χ4n) is 2.92. The van der Waals surface area contributed by atoms with E-state index < -0.39 is 0 Å². The molecule has 0 N–H and O–H groups in total. The van der Waals surface area contributed by atoms with E-state index in [0.717, 1.165) is 11.1 Å². The van der Waals surface area contributed by atoms with E-state index in [-0.39, 0.29) is 5.82 Å². The number of aromatic nitrogens is 4. The summed E-state index contributed by atoms with van der Waals surface area (Å²) in [4.78, 5) is 12.8. The second-order valence-electron chi connectivity index (χ2n) is 5.98. The highest BCUT2D eigenvalue weighted by Gasteiger charge is 2.17. The van der Waals surface area contributed by atoms with E-state index in [9.17, 15) is 4.39 Å². The van der Waals surface area contributed by atoms with Crippen LogP contribution in [0.5, 0.6) is 5.88 Å². The Morgan fingerprint density at radius 1 is 1.11 bits per heavy atom. The topological polar surface area (TPSA) is 62.1 Å². The van der Waals surface area contributed by atoms with Crippen molar-refractivity contribution in [2.45, 2.75) is 0 Å². The molecule has 0 aliphatic rings. The van der Waals surface area contributed by atoms with Gasteiger partial charge in [0.1, 0.15) is 29.6 Å². The van der Waals surface area contributed by atoms with Crippen molar-refractivity contribution in [3.8, 4) is 22.7 Å². The van der Waals surface area contributed by atoms with E-state index >= 15 is 0 Å². The van der Waals surface area contributed by atoms with E-state index in [1.165, 1.54) is 18.5 Å². The summed E-state index contributed by atoms with van der Waals surface area (Å²) in [7, 11) is 1.61. The maximum atomic E-state index is 13.7. The van der Waals surface area contributed by atoms with Crippen LogP contribution in [0.15, 0.2) is 55.1 Å². The maximum Gasteiger partial charge on any atom is 0.213 e. The van der Waals surface area contributed by atoms with Crippen LogP contribution in [0.1, 0.15) is 0 Å². The Bertz CT molecular complexity index is 1120. The number of ether oxygens (including phenoxy) is 2. The molecule has 1 aromatic carbocycles. The lowest BCUT2D eigenvalue weighted by atomic mass is 10.1. The van der Waals surface area contributed by atoms with Gasteiger partial charge in [-0.25, -0.2) is 19.3 Å². The second kappa shape index (κ2) is 7.92. The SMILES string of the molecule is COCCOc1ccc(-c2cn(-c3cccc(F)c3)c3ncnc(Cl)c23)cn1. The highest BCUT2D eigenvalue weighted by Crippen LogP contribution is 2.35. The molecule has 0 spiro atoms. The minimum atomic E-state index is -0.333. The third kappa shape index (κ3) is 3.54. The van der Waals surface area contributed by atoms with Crippen LogP contribution >= 0.6 is 11.6 Å². The average Bonchev–Trinajstić information content (AvgIpc) is 3.10. The molecular weight excluding hydrogens is 383 g/mol. The fraction of sp³-hybridized carbons (Fsp3) is 0.150. The van der Waals surface area contributed by atoms with Crippen molar-refractivity contribution in [2.24, 2.45) is 0 Å². The molecular formula is C20H16ClFN4O2. The number of fused-ring (bicyclic) bond motifs is 1. The van der Waals surface area contributed by atoms with Crippen molar-refractivity contribution in [3.63, 3.8) is 0 Å². The average molecular weight is 399 g/mol. The Labute approximate surface area is 165 Å².